The van der Waals surface area contributed by atoms with Gasteiger partial charge in [0.1, 0.15) is 0 Å². The van der Waals surface area contributed by atoms with Crippen LogP contribution in [0.2, 0.25) is 0 Å². The third-order valence-electron chi connectivity index (χ3n) is 6.23. The Morgan fingerprint density at radius 3 is 1.54 bits per heavy atom. The van der Waals surface area contributed by atoms with Gasteiger partial charge in [-0.05, 0) is 36.3 Å². The van der Waals surface area contributed by atoms with Crippen molar-refractivity contribution < 1.29 is 32.7 Å². The Kier molecular flexibility index (Phi) is 18.7. The fraction of sp³-hybridized carbons (Fsp3) is 0.250. The van der Waals surface area contributed by atoms with E-state index in [0.717, 1.165) is 30.5 Å². The summed E-state index contributed by atoms with van der Waals surface area (Å²) in [4.78, 5) is 0. The first kappa shape index (κ1) is 34.4. The van der Waals surface area contributed by atoms with Crippen molar-refractivity contribution in [2.45, 2.75) is 52.6 Å². The summed E-state index contributed by atoms with van der Waals surface area (Å²) < 4.78 is 0. The molecule has 39 heavy (non-hydrogen) atoms. The zero-order valence-electron chi connectivity index (χ0n) is 23.9. The third kappa shape index (κ3) is 15.5. The van der Waals surface area contributed by atoms with Gasteiger partial charge in [0.25, 0.3) is 0 Å². The zero-order valence-corrected chi connectivity index (χ0v) is 26.7. The quantitative estimate of drug-likeness (QED) is 0.183. The minimum atomic E-state index is 0. The smallest absolute Gasteiger partial charge is 0.0321 e. The summed E-state index contributed by atoms with van der Waals surface area (Å²) in [5.74, 6) is 0.577. The van der Waals surface area contributed by atoms with Crippen LogP contribution in [0.25, 0.3) is 5.73 Å². The van der Waals surface area contributed by atoms with Crippen LogP contribution < -0.4 is 5.32 Å². The molecule has 0 saturated carbocycles. The van der Waals surface area contributed by atoms with Gasteiger partial charge in [0.05, 0.1) is 0 Å². The number of aryl methyl sites for hydroxylation is 1. The van der Waals surface area contributed by atoms with Crippen LogP contribution in [0.3, 0.4) is 0 Å². The van der Waals surface area contributed by atoms with E-state index in [0.29, 0.717) is 18.5 Å². The first-order chi connectivity index (χ1) is 18.5. The van der Waals surface area contributed by atoms with E-state index in [9.17, 15) is 0 Å². The van der Waals surface area contributed by atoms with Crippen molar-refractivity contribution in [1.82, 2.24) is 5.32 Å². The molecule has 2 nitrogen and oxygen atoms in total. The second kappa shape index (κ2) is 21.2. The normalized spacial score (nSPS) is 10.5. The van der Waals surface area contributed by atoms with Crippen LogP contribution in [0.4, 0.5) is 0 Å². The molecular formula is C36H44N2Y-2. The second-order valence-electron chi connectivity index (χ2n) is 9.64. The first-order valence-electron chi connectivity index (χ1n) is 13.6. The molecule has 0 bridgehead atoms. The van der Waals surface area contributed by atoms with Gasteiger partial charge in [-0.25, -0.2) is 0 Å². The molecule has 1 unspecified atom stereocenters. The fourth-order valence-electron chi connectivity index (χ4n) is 3.84. The molecule has 0 aromatic heterocycles. The predicted octanol–water partition coefficient (Wildman–Crippen LogP) is 9.48. The molecule has 0 fully saturated rings. The largest absolute Gasteiger partial charge is 0.674 e. The summed E-state index contributed by atoms with van der Waals surface area (Å²) in [5.41, 5.74) is 13.2. The van der Waals surface area contributed by atoms with E-state index in [1.54, 1.807) is 0 Å². The summed E-state index contributed by atoms with van der Waals surface area (Å²) in [6.45, 7) is 11.2. The van der Waals surface area contributed by atoms with E-state index >= 15 is 0 Å². The maximum atomic E-state index is 6.94. The molecule has 0 heterocycles. The van der Waals surface area contributed by atoms with Crippen LogP contribution in [0.5, 0.6) is 0 Å². The Labute approximate surface area is 263 Å². The molecular weight excluding hydrogens is 549 g/mol. The van der Waals surface area contributed by atoms with E-state index < -0.39 is 0 Å². The standard InChI is InChI=1S/C21H27N.C8H9.C7H8N.Y/c1-17(2)21(16-20-12-8-5-9-13-20)22-18(3)14-15-19-10-6-4-7-11-19;1-2-8-6-4-3-5-7-8;8-6-7-4-2-1-3-5-7;/h4-13,17,21-22H,3,14-16H2,1-2H3;2-7H,1H3;1-5,8H,6H2;/q;2*-1;. The second-order valence-corrected chi connectivity index (χ2v) is 9.64. The average molecular weight is 594 g/mol. The van der Waals surface area contributed by atoms with Crippen molar-refractivity contribution in [2.75, 3.05) is 0 Å². The minimum Gasteiger partial charge on any atom is -0.674 e. The maximum Gasteiger partial charge on any atom is 0.0321 e. The Hall–Kier alpha value is -2.65. The summed E-state index contributed by atoms with van der Waals surface area (Å²) in [5, 5.41) is 3.64. The van der Waals surface area contributed by atoms with Crippen LogP contribution in [0.1, 0.15) is 49.4 Å². The summed E-state index contributed by atoms with van der Waals surface area (Å²) >= 11 is 0. The molecule has 0 aliphatic heterocycles. The van der Waals surface area contributed by atoms with Crippen molar-refractivity contribution in [3.63, 3.8) is 0 Å². The van der Waals surface area contributed by atoms with Crippen LogP contribution in [-0.2, 0) is 52.1 Å². The van der Waals surface area contributed by atoms with Crippen molar-refractivity contribution in [2.24, 2.45) is 5.92 Å². The molecule has 4 aromatic carbocycles. The van der Waals surface area contributed by atoms with Gasteiger partial charge < -0.3 is 11.1 Å². The number of rotatable bonds is 10. The van der Waals surface area contributed by atoms with Gasteiger partial charge in [-0.2, -0.15) is 24.1 Å². The third-order valence-corrected chi connectivity index (χ3v) is 6.23. The van der Waals surface area contributed by atoms with Crippen LogP contribution in [0.15, 0.2) is 134 Å². The van der Waals surface area contributed by atoms with Gasteiger partial charge in [-0.15, -0.1) is 18.7 Å². The van der Waals surface area contributed by atoms with E-state index in [4.69, 9.17) is 5.73 Å². The van der Waals surface area contributed by atoms with Gasteiger partial charge in [-0.3, -0.25) is 0 Å². The fourth-order valence-corrected chi connectivity index (χ4v) is 3.84. The molecule has 203 valence electrons. The molecule has 0 spiro atoms. The van der Waals surface area contributed by atoms with Gasteiger partial charge >= 0.3 is 0 Å². The van der Waals surface area contributed by atoms with Crippen LogP contribution >= 0.6 is 0 Å². The van der Waals surface area contributed by atoms with E-state index in [-0.39, 0.29) is 32.7 Å². The monoisotopic (exact) mass is 593 g/mol. The Balaban J connectivity index is 0.000000364. The zero-order chi connectivity index (χ0) is 27.4. The van der Waals surface area contributed by atoms with Crippen molar-refractivity contribution in [1.29, 1.82) is 0 Å². The molecule has 4 aromatic rings. The number of hydrogen-bond acceptors (Lipinski definition) is 1. The van der Waals surface area contributed by atoms with Gasteiger partial charge in [0.15, 0.2) is 0 Å². The van der Waals surface area contributed by atoms with Crippen LogP contribution in [0, 0.1) is 12.3 Å². The number of hydrogen-bond donors (Lipinski definition) is 1. The molecule has 0 saturated heterocycles. The summed E-state index contributed by atoms with van der Waals surface area (Å²) in [6.07, 6.45) is 5.16. The molecule has 0 aliphatic carbocycles. The van der Waals surface area contributed by atoms with Crippen molar-refractivity contribution in [3.05, 3.63) is 168 Å². The van der Waals surface area contributed by atoms with Crippen molar-refractivity contribution >= 4 is 0 Å². The van der Waals surface area contributed by atoms with Gasteiger partial charge in [0.2, 0.25) is 0 Å². The van der Waals surface area contributed by atoms with E-state index in [2.05, 4.69) is 105 Å². The molecule has 1 radical (unpaired) electrons. The average Bonchev–Trinajstić information content (AvgIpc) is 2.98. The molecule has 2 N–H and O–H groups in total. The minimum absolute atomic E-state index is 0. The Morgan fingerprint density at radius 1 is 0.718 bits per heavy atom. The number of benzene rings is 4. The summed E-state index contributed by atoms with van der Waals surface area (Å²) in [7, 11) is 0. The molecule has 1 atom stereocenters. The van der Waals surface area contributed by atoms with Crippen molar-refractivity contribution in [3.8, 4) is 0 Å². The SMILES string of the molecule is C=C(CCc1ccccc1)NC(Cc1ccccc1)C(C)C.C[CH-]c1ccccc1.[NH-]Cc1ccccc1.[Y]. The maximum absolute atomic E-state index is 6.94. The van der Waals surface area contributed by atoms with Gasteiger partial charge in [0, 0.05) is 44.4 Å². The van der Waals surface area contributed by atoms with E-state index in [1.807, 2.05) is 55.5 Å². The molecule has 0 aliphatic rings. The van der Waals surface area contributed by atoms with Gasteiger partial charge in [-0.1, -0.05) is 130 Å². The molecule has 4 rings (SSSR count). The van der Waals surface area contributed by atoms with Crippen LogP contribution in [-0.4, -0.2) is 6.04 Å². The summed E-state index contributed by atoms with van der Waals surface area (Å²) in [6, 6.07) is 41.7. The number of nitrogens with one attached hydrogen (secondary N) is 2. The topological polar surface area (TPSA) is 35.8 Å². The Morgan fingerprint density at radius 2 is 1.15 bits per heavy atom. The Bertz CT molecular complexity index is 1070. The molecule has 0 amide bonds. The molecule has 3 heteroatoms. The number of allylic oxidation sites excluding steroid dienone is 1. The first-order valence-corrected chi connectivity index (χ1v) is 13.6. The van der Waals surface area contributed by atoms with E-state index in [1.165, 1.54) is 16.7 Å². The predicted molar refractivity (Wildman–Crippen MR) is 166 cm³/mol.